The first-order valence-corrected chi connectivity index (χ1v) is 9.83. The number of amides is 1. The van der Waals surface area contributed by atoms with Crippen molar-refractivity contribution in [1.29, 1.82) is 0 Å². The zero-order valence-electron chi connectivity index (χ0n) is 16.4. The van der Waals surface area contributed by atoms with E-state index in [1.165, 1.54) is 6.42 Å². The summed E-state index contributed by atoms with van der Waals surface area (Å²) in [4.78, 5) is 18.6. The summed E-state index contributed by atoms with van der Waals surface area (Å²) in [7, 11) is 0. The van der Waals surface area contributed by atoms with Crippen molar-refractivity contribution in [2.24, 2.45) is 4.99 Å². The Kier molecular flexibility index (Phi) is 8.44. The average Bonchev–Trinajstić information content (AvgIpc) is 2.81. The molecule has 0 unspecified atom stereocenters. The lowest BCUT2D eigenvalue weighted by atomic mass is 10.1. The minimum atomic E-state index is 0.302. The van der Waals surface area contributed by atoms with Gasteiger partial charge in [-0.05, 0) is 46.5 Å². The molecule has 0 saturated carbocycles. The number of aryl methyl sites for hydroxylation is 2. The highest BCUT2D eigenvalue weighted by atomic mass is 16.5. The summed E-state index contributed by atoms with van der Waals surface area (Å²) < 4.78 is 5.20. The van der Waals surface area contributed by atoms with Crippen LogP contribution in [0, 0.1) is 13.8 Å². The second-order valence-electron chi connectivity index (χ2n) is 6.79. The molecular weight excluding hydrogens is 330 g/mol. The molecule has 7 heteroatoms. The van der Waals surface area contributed by atoms with E-state index < -0.39 is 0 Å². The number of aliphatic imine (C=N–C) groups is 1. The van der Waals surface area contributed by atoms with Crippen LogP contribution in [0.25, 0.3) is 0 Å². The summed E-state index contributed by atoms with van der Waals surface area (Å²) in [5.74, 6) is 2.01. The highest BCUT2D eigenvalue weighted by Crippen LogP contribution is 2.12. The Bertz CT molecular complexity index is 577. The number of aromatic nitrogens is 1. The van der Waals surface area contributed by atoms with Crippen molar-refractivity contribution in [3.8, 4) is 0 Å². The number of carbonyl (C=O) groups excluding carboxylic acids is 1. The fourth-order valence-electron chi connectivity index (χ4n) is 3.23. The lowest BCUT2D eigenvalue weighted by Crippen LogP contribution is -2.38. The maximum atomic E-state index is 12.0. The molecule has 146 valence electrons. The van der Waals surface area contributed by atoms with Crippen molar-refractivity contribution in [3.63, 3.8) is 0 Å². The van der Waals surface area contributed by atoms with E-state index in [2.05, 4.69) is 27.7 Å². The molecule has 2 N–H and O–H groups in total. The molecule has 0 aliphatic carbocycles. The van der Waals surface area contributed by atoms with Crippen LogP contribution >= 0.6 is 0 Å². The largest absolute Gasteiger partial charge is 0.361 e. The standard InChI is InChI=1S/C19H33N5O2/c1-4-20-19(22-12-10-17-15(2)23-26-16(17)3)21-11-8-14-24-13-7-5-6-9-18(24)25/h4-14H2,1-3H3,(H2,20,21,22). The monoisotopic (exact) mass is 363 g/mol. The van der Waals surface area contributed by atoms with E-state index in [9.17, 15) is 4.79 Å². The zero-order valence-corrected chi connectivity index (χ0v) is 16.4. The maximum absolute atomic E-state index is 12.0. The Morgan fingerprint density at radius 1 is 1.27 bits per heavy atom. The Morgan fingerprint density at radius 3 is 2.85 bits per heavy atom. The summed E-state index contributed by atoms with van der Waals surface area (Å²) in [6.07, 6.45) is 5.78. The van der Waals surface area contributed by atoms with Gasteiger partial charge in [-0.15, -0.1) is 0 Å². The minimum absolute atomic E-state index is 0.302. The number of hydrogen-bond donors (Lipinski definition) is 2. The molecule has 2 heterocycles. The normalized spacial score (nSPS) is 15.9. The summed E-state index contributed by atoms with van der Waals surface area (Å²) in [6.45, 7) is 9.99. The third-order valence-electron chi connectivity index (χ3n) is 4.72. The van der Waals surface area contributed by atoms with Gasteiger partial charge in [0.25, 0.3) is 0 Å². The zero-order chi connectivity index (χ0) is 18.8. The molecule has 1 aliphatic rings. The number of rotatable bonds is 8. The molecule has 0 spiro atoms. The van der Waals surface area contributed by atoms with Crippen LogP contribution in [0.2, 0.25) is 0 Å². The summed E-state index contributed by atoms with van der Waals surface area (Å²) in [5, 5.41) is 10.6. The van der Waals surface area contributed by atoms with Crippen molar-refractivity contribution in [2.75, 3.05) is 32.7 Å². The smallest absolute Gasteiger partial charge is 0.222 e. The van der Waals surface area contributed by atoms with Gasteiger partial charge in [-0.25, -0.2) is 0 Å². The predicted molar refractivity (Wildman–Crippen MR) is 103 cm³/mol. The van der Waals surface area contributed by atoms with Crippen molar-refractivity contribution in [1.82, 2.24) is 20.7 Å². The topological polar surface area (TPSA) is 82.8 Å². The summed E-state index contributed by atoms with van der Waals surface area (Å²) in [6, 6.07) is 0. The molecule has 26 heavy (non-hydrogen) atoms. The number of nitrogens with zero attached hydrogens (tertiary/aromatic N) is 3. The molecule has 1 aliphatic heterocycles. The van der Waals surface area contributed by atoms with E-state index >= 15 is 0 Å². The maximum Gasteiger partial charge on any atom is 0.222 e. The average molecular weight is 364 g/mol. The van der Waals surface area contributed by atoms with Crippen molar-refractivity contribution in [2.45, 2.75) is 59.3 Å². The SMILES string of the molecule is CCNC(=NCCCN1CCCCCC1=O)NCCc1c(C)noc1C. The highest BCUT2D eigenvalue weighted by molar-refractivity contribution is 5.79. The van der Waals surface area contributed by atoms with Gasteiger partial charge in [0.2, 0.25) is 5.91 Å². The van der Waals surface area contributed by atoms with Crippen LogP contribution in [0.3, 0.4) is 0 Å². The molecule has 1 saturated heterocycles. The van der Waals surface area contributed by atoms with Gasteiger partial charge >= 0.3 is 0 Å². The van der Waals surface area contributed by atoms with Crippen LogP contribution in [-0.4, -0.2) is 54.6 Å². The fraction of sp³-hybridized carbons (Fsp3) is 0.737. The lowest BCUT2D eigenvalue weighted by molar-refractivity contribution is -0.130. The van der Waals surface area contributed by atoms with Crippen LogP contribution in [0.1, 0.15) is 56.0 Å². The van der Waals surface area contributed by atoms with E-state index in [0.29, 0.717) is 18.9 Å². The van der Waals surface area contributed by atoms with Crippen LogP contribution < -0.4 is 10.6 Å². The molecule has 0 aromatic carbocycles. The van der Waals surface area contributed by atoms with Crippen LogP contribution in [0.5, 0.6) is 0 Å². The van der Waals surface area contributed by atoms with Gasteiger partial charge in [-0.1, -0.05) is 11.6 Å². The molecule has 0 atom stereocenters. The Morgan fingerprint density at radius 2 is 2.12 bits per heavy atom. The molecule has 0 bridgehead atoms. The van der Waals surface area contributed by atoms with Gasteiger partial charge < -0.3 is 20.1 Å². The second kappa shape index (κ2) is 10.8. The van der Waals surface area contributed by atoms with Crippen LogP contribution in [-0.2, 0) is 11.2 Å². The molecule has 0 radical (unpaired) electrons. The first-order valence-electron chi connectivity index (χ1n) is 9.83. The Balaban J connectivity index is 1.74. The van der Waals surface area contributed by atoms with E-state index in [4.69, 9.17) is 4.52 Å². The number of likely N-dealkylation sites (tertiary alicyclic amines) is 1. The van der Waals surface area contributed by atoms with Crippen LogP contribution in [0.4, 0.5) is 0 Å². The van der Waals surface area contributed by atoms with Crippen LogP contribution in [0.15, 0.2) is 9.52 Å². The molecular formula is C19H33N5O2. The molecule has 1 aromatic rings. The van der Waals surface area contributed by atoms with E-state index in [1.807, 2.05) is 18.7 Å². The van der Waals surface area contributed by atoms with E-state index in [1.54, 1.807) is 0 Å². The number of guanidine groups is 1. The van der Waals surface area contributed by atoms with E-state index in [-0.39, 0.29) is 0 Å². The quantitative estimate of drug-likeness (QED) is 0.420. The highest BCUT2D eigenvalue weighted by Gasteiger charge is 2.15. The molecule has 2 rings (SSSR count). The van der Waals surface area contributed by atoms with Gasteiger partial charge in [0.05, 0.1) is 5.69 Å². The molecule has 1 aromatic heterocycles. The fourth-order valence-corrected chi connectivity index (χ4v) is 3.23. The Hall–Kier alpha value is -2.05. The van der Waals surface area contributed by atoms with Gasteiger partial charge in [0, 0.05) is 44.7 Å². The second-order valence-corrected chi connectivity index (χ2v) is 6.79. The third-order valence-corrected chi connectivity index (χ3v) is 4.72. The molecule has 7 nitrogen and oxygen atoms in total. The van der Waals surface area contributed by atoms with Crippen molar-refractivity contribution < 1.29 is 9.32 Å². The number of nitrogens with one attached hydrogen (secondary N) is 2. The van der Waals surface area contributed by atoms with E-state index in [0.717, 1.165) is 74.8 Å². The molecule has 1 amide bonds. The van der Waals surface area contributed by atoms with Gasteiger partial charge in [-0.3, -0.25) is 9.79 Å². The minimum Gasteiger partial charge on any atom is -0.361 e. The number of carbonyl (C=O) groups is 1. The first-order chi connectivity index (χ1) is 12.6. The summed E-state index contributed by atoms with van der Waals surface area (Å²) in [5.41, 5.74) is 2.11. The van der Waals surface area contributed by atoms with Gasteiger partial charge in [-0.2, -0.15) is 0 Å². The first kappa shape index (κ1) is 20.3. The lowest BCUT2D eigenvalue weighted by Gasteiger charge is -2.20. The van der Waals surface area contributed by atoms with Crippen molar-refractivity contribution >= 4 is 11.9 Å². The summed E-state index contributed by atoms with van der Waals surface area (Å²) >= 11 is 0. The molecule has 1 fully saturated rings. The number of hydrogen-bond acceptors (Lipinski definition) is 4. The van der Waals surface area contributed by atoms with Gasteiger partial charge in [0.15, 0.2) is 5.96 Å². The predicted octanol–water partition coefficient (Wildman–Crippen LogP) is 2.18. The van der Waals surface area contributed by atoms with Crippen molar-refractivity contribution in [3.05, 3.63) is 17.0 Å². The Labute approximate surface area is 156 Å². The van der Waals surface area contributed by atoms with Gasteiger partial charge in [0.1, 0.15) is 5.76 Å². The third kappa shape index (κ3) is 6.35.